The molecule has 3 aromatic carbocycles. The molecule has 13 nitrogen and oxygen atoms in total. The Morgan fingerprint density at radius 1 is 0.831 bits per heavy atom. The third-order valence-electron chi connectivity index (χ3n) is 11.2. The van der Waals surface area contributed by atoms with E-state index in [2.05, 4.69) is 41.8 Å². The zero-order valence-electron chi connectivity index (χ0n) is 37.3. The van der Waals surface area contributed by atoms with Crippen LogP contribution in [0.2, 0.25) is 0 Å². The molecule has 3 atom stereocenters. The first-order chi connectivity index (χ1) is 31.5. The van der Waals surface area contributed by atoms with Crippen molar-refractivity contribution in [1.29, 1.82) is 5.26 Å². The van der Waals surface area contributed by atoms with Gasteiger partial charge in [-0.15, -0.1) is 22.7 Å². The summed E-state index contributed by atoms with van der Waals surface area (Å²) < 4.78 is 28.0. The van der Waals surface area contributed by atoms with E-state index in [1.165, 1.54) is 14.5 Å². The van der Waals surface area contributed by atoms with Crippen LogP contribution in [0, 0.1) is 11.3 Å². The smallest absolute Gasteiger partial charge is 0.268 e. The average molecular weight is 935 g/mol. The number of pyridine rings is 1. The van der Waals surface area contributed by atoms with Crippen molar-refractivity contribution < 1.29 is 33.8 Å². The van der Waals surface area contributed by atoms with Crippen molar-refractivity contribution in [1.82, 2.24) is 24.3 Å². The van der Waals surface area contributed by atoms with Crippen LogP contribution >= 0.6 is 31.2 Å². The fraction of sp³-hybridized carbons (Fsp3) is 0.327. The summed E-state index contributed by atoms with van der Waals surface area (Å²) in [4.78, 5) is 31.7. The minimum Gasteiger partial charge on any atom is -0.497 e. The SMILES string of the molecule is CC(C)N(C(C)C)N(CCC#N)P(O)O.COc1ccc(C(OC[C@H]2O[C@@H](n3cnc4c(-c5ccc(-c6cccs6)s5)ccnc43)C[C@@H]2O)(c2ccccc2)c2ccc(OC)cc2)cc1. The second-order valence-electron chi connectivity index (χ2n) is 15.9. The highest BCUT2D eigenvalue weighted by atomic mass is 32.1. The van der Waals surface area contributed by atoms with E-state index in [9.17, 15) is 14.9 Å². The quantitative estimate of drug-likeness (QED) is 0.0452. The predicted octanol–water partition coefficient (Wildman–Crippen LogP) is 10.0. The van der Waals surface area contributed by atoms with E-state index < -0.39 is 32.6 Å². The van der Waals surface area contributed by atoms with E-state index in [-0.39, 0.29) is 25.1 Å². The Kier molecular flexibility index (Phi) is 16.2. The van der Waals surface area contributed by atoms with E-state index in [1.54, 1.807) is 43.2 Å². The lowest BCUT2D eigenvalue weighted by Crippen LogP contribution is -2.48. The number of fused-ring (bicyclic) bond motifs is 1. The lowest BCUT2D eigenvalue weighted by molar-refractivity contribution is -0.0931. The minimum atomic E-state index is -2.17. The first kappa shape index (κ1) is 47.9. The highest BCUT2D eigenvalue weighted by molar-refractivity contribution is 7.42. The molecule has 0 radical (unpaired) electrons. The van der Waals surface area contributed by atoms with Crippen molar-refractivity contribution in [2.45, 2.75) is 76.7 Å². The number of imidazole rings is 1. The molecule has 3 N–H and O–H groups in total. The first-order valence-electron chi connectivity index (χ1n) is 21.4. The summed E-state index contributed by atoms with van der Waals surface area (Å²) in [5.41, 5.74) is 4.26. The molecular formula is C49H55N6O7PS2. The summed E-state index contributed by atoms with van der Waals surface area (Å²) >= 11 is 3.47. The molecule has 7 aromatic rings. The van der Waals surface area contributed by atoms with Gasteiger partial charge < -0.3 is 33.8 Å². The third-order valence-corrected chi connectivity index (χ3v) is 14.2. The molecule has 0 amide bonds. The van der Waals surface area contributed by atoms with Gasteiger partial charge in [0.05, 0.1) is 39.3 Å². The van der Waals surface area contributed by atoms with E-state index in [0.717, 1.165) is 44.1 Å². The normalized spacial score (nSPS) is 16.4. The van der Waals surface area contributed by atoms with Gasteiger partial charge in [0.1, 0.15) is 34.9 Å². The monoisotopic (exact) mass is 934 g/mol. The van der Waals surface area contributed by atoms with E-state index >= 15 is 0 Å². The van der Waals surface area contributed by atoms with Gasteiger partial charge in [0, 0.05) is 57.9 Å². The van der Waals surface area contributed by atoms with Crippen LogP contribution < -0.4 is 9.47 Å². The lowest BCUT2D eigenvalue weighted by Gasteiger charge is -2.40. The number of nitriles is 1. The van der Waals surface area contributed by atoms with Crippen LogP contribution in [0.1, 0.15) is 63.5 Å². The fourth-order valence-corrected chi connectivity index (χ4v) is 11.0. The number of hydrogen-bond donors (Lipinski definition) is 3. The second-order valence-corrected chi connectivity index (χ2v) is 18.9. The molecule has 340 valence electrons. The summed E-state index contributed by atoms with van der Waals surface area (Å²) in [6.07, 6.45) is 2.39. The number of aliphatic hydroxyl groups excluding tert-OH is 1. The van der Waals surface area contributed by atoms with Gasteiger partial charge in [-0.2, -0.15) is 10.0 Å². The second kappa shape index (κ2) is 21.9. The number of hydrazine groups is 1. The molecule has 5 heterocycles. The van der Waals surface area contributed by atoms with E-state index in [4.69, 9.17) is 34.2 Å². The van der Waals surface area contributed by atoms with Gasteiger partial charge in [0.25, 0.3) is 8.53 Å². The van der Waals surface area contributed by atoms with Gasteiger partial charge in [0.15, 0.2) is 5.65 Å². The molecule has 16 heteroatoms. The molecule has 0 aliphatic carbocycles. The molecule has 8 rings (SSSR count). The Bertz CT molecular complexity index is 2540. The Morgan fingerprint density at radius 3 is 2.03 bits per heavy atom. The number of benzene rings is 3. The fourth-order valence-electron chi connectivity index (χ4n) is 8.27. The van der Waals surface area contributed by atoms with Crippen molar-refractivity contribution in [3.05, 3.63) is 144 Å². The van der Waals surface area contributed by atoms with Crippen LogP contribution in [0.15, 0.2) is 127 Å². The molecule has 0 bridgehead atoms. The number of methoxy groups -OCH3 is 2. The highest BCUT2D eigenvalue weighted by Gasteiger charge is 2.42. The molecule has 1 saturated heterocycles. The number of nitrogens with zero attached hydrogens (tertiary/aromatic N) is 6. The number of rotatable bonds is 17. The van der Waals surface area contributed by atoms with Crippen molar-refractivity contribution in [2.24, 2.45) is 0 Å². The van der Waals surface area contributed by atoms with Crippen LogP contribution in [0.5, 0.6) is 11.5 Å². The molecule has 1 aliphatic rings. The lowest BCUT2D eigenvalue weighted by atomic mass is 9.80. The average Bonchev–Trinajstić information content (AvgIpc) is 4.16. The molecule has 0 saturated carbocycles. The summed E-state index contributed by atoms with van der Waals surface area (Å²) in [5.74, 6) is 1.49. The van der Waals surface area contributed by atoms with Crippen molar-refractivity contribution >= 4 is 42.4 Å². The Balaban J connectivity index is 0.000000362. The Hall–Kier alpha value is -5.08. The van der Waals surface area contributed by atoms with Crippen LogP contribution in [0.25, 0.3) is 31.4 Å². The number of hydrogen-bond acceptors (Lipinski definition) is 14. The summed E-state index contributed by atoms with van der Waals surface area (Å²) in [6, 6.07) is 38.8. The third kappa shape index (κ3) is 10.6. The summed E-state index contributed by atoms with van der Waals surface area (Å²) in [5, 5.41) is 23.9. The number of thiophene rings is 2. The standard InChI is InChI=1S/C40H35N3O5S2.C9H20N3O2P/c1-45-29-14-10-27(11-15-29)40(26-7-4-3-5-8-26,28-12-16-30(46-2)17-13-28)47-24-33-32(44)23-37(48-33)43-25-42-38-31(20-21-41-39(38)43)34-18-19-36(50-34)35-9-6-22-49-35;1-8(2)12(9(3)4)11(15(13)14)7-5-6-10/h3-22,25,32-33,37,44H,23-24H2,1-2H3;8-9,13-14H,5,7H2,1-4H3/t32-,33+,37+;/m0./s1. The molecular weight excluding hydrogens is 880 g/mol. The zero-order chi connectivity index (χ0) is 46.1. The maximum atomic E-state index is 11.4. The van der Waals surface area contributed by atoms with Crippen LogP contribution in [0.3, 0.4) is 0 Å². The first-order valence-corrected chi connectivity index (χ1v) is 24.3. The van der Waals surface area contributed by atoms with Gasteiger partial charge in [-0.05, 0) is 98.3 Å². The number of aliphatic hydroxyl groups is 1. The maximum absolute atomic E-state index is 11.4. The predicted molar refractivity (Wildman–Crippen MR) is 257 cm³/mol. The van der Waals surface area contributed by atoms with E-state index in [1.807, 2.05) is 122 Å². The van der Waals surface area contributed by atoms with Gasteiger partial charge in [0.2, 0.25) is 0 Å². The molecule has 0 spiro atoms. The van der Waals surface area contributed by atoms with Crippen molar-refractivity contribution in [3.8, 4) is 37.8 Å². The van der Waals surface area contributed by atoms with Crippen molar-refractivity contribution in [3.63, 3.8) is 0 Å². The van der Waals surface area contributed by atoms with Gasteiger partial charge in [-0.25, -0.2) is 15.0 Å². The molecule has 1 fully saturated rings. The molecule has 65 heavy (non-hydrogen) atoms. The minimum absolute atomic E-state index is 0.122. The topological polar surface area (TPSA) is 159 Å². The summed E-state index contributed by atoms with van der Waals surface area (Å²) in [6.45, 7) is 8.41. The molecule has 1 aliphatic heterocycles. The zero-order valence-corrected chi connectivity index (χ0v) is 39.8. The molecule has 0 unspecified atom stereocenters. The highest BCUT2D eigenvalue weighted by Crippen LogP contribution is 2.44. The van der Waals surface area contributed by atoms with Gasteiger partial charge in [-0.3, -0.25) is 4.57 Å². The van der Waals surface area contributed by atoms with Gasteiger partial charge in [-0.1, -0.05) is 60.7 Å². The summed E-state index contributed by atoms with van der Waals surface area (Å²) in [7, 11) is 1.13. The van der Waals surface area contributed by atoms with Gasteiger partial charge >= 0.3 is 0 Å². The molecule has 4 aromatic heterocycles. The van der Waals surface area contributed by atoms with E-state index in [0.29, 0.717) is 18.6 Å². The Morgan fingerprint density at radius 2 is 1.46 bits per heavy atom. The van der Waals surface area contributed by atoms with Crippen molar-refractivity contribution in [2.75, 3.05) is 27.4 Å². The maximum Gasteiger partial charge on any atom is 0.268 e. The number of ether oxygens (including phenoxy) is 4. The Labute approximate surface area is 389 Å². The number of aromatic nitrogens is 3. The van der Waals surface area contributed by atoms with Crippen LogP contribution in [-0.4, -0.2) is 90.9 Å². The van der Waals surface area contributed by atoms with Crippen LogP contribution in [-0.2, 0) is 15.1 Å². The largest absolute Gasteiger partial charge is 0.497 e. The van der Waals surface area contributed by atoms with Crippen LogP contribution in [0.4, 0.5) is 0 Å².